The third-order valence-electron chi connectivity index (χ3n) is 4.78. The van der Waals surface area contributed by atoms with E-state index in [1.54, 1.807) is 18.8 Å². The molecular formula is C21H21N3O2S2. The summed E-state index contributed by atoms with van der Waals surface area (Å²) in [6.07, 6.45) is -0.941. The first-order chi connectivity index (χ1) is 13.4. The summed E-state index contributed by atoms with van der Waals surface area (Å²) in [5.74, 6) is 0.137. The summed E-state index contributed by atoms with van der Waals surface area (Å²) < 4.78 is 0. The summed E-state index contributed by atoms with van der Waals surface area (Å²) in [5, 5.41) is 15.7. The molecule has 1 atom stereocenters. The Hall–Kier alpha value is -2.51. The minimum Gasteiger partial charge on any atom is -0.465 e. The van der Waals surface area contributed by atoms with E-state index in [4.69, 9.17) is 4.98 Å². The van der Waals surface area contributed by atoms with Crippen molar-refractivity contribution in [3.63, 3.8) is 0 Å². The van der Waals surface area contributed by atoms with Gasteiger partial charge in [0.25, 0.3) is 0 Å². The van der Waals surface area contributed by atoms with E-state index in [1.165, 1.54) is 26.0 Å². The van der Waals surface area contributed by atoms with Crippen LogP contribution < -0.4 is 5.32 Å². The number of benzene rings is 2. The number of amides is 1. The Bertz CT molecular complexity index is 1030. The molecule has 7 heteroatoms. The van der Waals surface area contributed by atoms with Crippen LogP contribution in [-0.2, 0) is 0 Å². The Morgan fingerprint density at radius 3 is 2.64 bits per heavy atom. The number of carbonyl (C=O) groups is 1. The van der Waals surface area contributed by atoms with Crippen molar-refractivity contribution in [2.45, 2.75) is 29.7 Å². The lowest BCUT2D eigenvalue weighted by atomic mass is 10.0. The molecule has 2 N–H and O–H groups in total. The Morgan fingerprint density at radius 2 is 1.89 bits per heavy atom. The third-order valence-corrected chi connectivity index (χ3v) is 6.84. The number of rotatable bonds is 4. The van der Waals surface area contributed by atoms with Crippen LogP contribution in [0.25, 0.3) is 11.3 Å². The van der Waals surface area contributed by atoms with E-state index in [-0.39, 0.29) is 12.0 Å². The minimum atomic E-state index is -0.941. The van der Waals surface area contributed by atoms with Gasteiger partial charge in [-0.2, -0.15) is 0 Å². The molecule has 0 spiro atoms. The van der Waals surface area contributed by atoms with Crippen molar-refractivity contribution < 1.29 is 9.90 Å². The van der Waals surface area contributed by atoms with Gasteiger partial charge in [-0.1, -0.05) is 43.8 Å². The maximum absolute atomic E-state index is 11.4. The normalized spacial score (nSPS) is 13.4. The van der Waals surface area contributed by atoms with E-state index in [0.29, 0.717) is 0 Å². The standard InChI is InChI=1S/C21H21N3O2S2/c1-12(2)19(24(3)21(25)26)20-23-16(11-27-20)13-8-9-18-15(10-13)22-14-6-4-5-7-17(14)28-18/h4-12,19,22H,1-3H3,(H,25,26). The van der Waals surface area contributed by atoms with E-state index < -0.39 is 6.09 Å². The van der Waals surface area contributed by atoms with Crippen LogP contribution >= 0.6 is 23.1 Å². The van der Waals surface area contributed by atoms with E-state index in [9.17, 15) is 9.90 Å². The van der Waals surface area contributed by atoms with Crippen LogP contribution in [0.2, 0.25) is 0 Å². The molecule has 28 heavy (non-hydrogen) atoms. The van der Waals surface area contributed by atoms with Crippen molar-refractivity contribution in [3.05, 3.63) is 52.9 Å². The number of hydrogen-bond acceptors (Lipinski definition) is 5. The maximum Gasteiger partial charge on any atom is 0.407 e. The molecule has 3 aromatic rings. The molecule has 0 saturated carbocycles. The quantitative estimate of drug-likeness (QED) is 0.411. The fourth-order valence-corrected chi connectivity index (χ4v) is 5.48. The molecule has 0 fully saturated rings. The van der Waals surface area contributed by atoms with Gasteiger partial charge in [0.15, 0.2) is 0 Å². The number of para-hydroxylation sites is 1. The highest BCUT2D eigenvalue weighted by molar-refractivity contribution is 7.99. The molecule has 2 aromatic carbocycles. The Balaban J connectivity index is 1.64. The summed E-state index contributed by atoms with van der Waals surface area (Å²) in [4.78, 5) is 20.0. The zero-order valence-corrected chi connectivity index (χ0v) is 17.5. The second kappa shape index (κ2) is 7.48. The van der Waals surface area contributed by atoms with Gasteiger partial charge < -0.3 is 15.3 Å². The molecular weight excluding hydrogens is 390 g/mol. The van der Waals surface area contributed by atoms with Gasteiger partial charge in [-0.15, -0.1) is 11.3 Å². The lowest BCUT2D eigenvalue weighted by Crippen LogP contribution is -2.32. The highest BCUT2D eigenvalue weighted by Crippen LogP contribution is 2.45. The average Bonchev–Trinajstić information content (AvgIpc) is 3.15. The SMILES string of the molecule is CC(C)C(c1nc(-c2ccc3c(c2)Nc2ccccc2S3)cs1)N(C)C(=O)O. The number of anilines is 2. The molecule has 4 rings (SSSR count). The van der Waals surface area contributed by atoms with Crippen LogP contribution in [0.5, 0.6) is 0 Å². The molecule has 0 radical (unpaired) electrons. The molecule has 0 saturated heterocycles. The number of hydrogen-bond donors (Lipinski definition) is 2. The van der Waals surface area contributed by atoms with Gasteiger partial charge in [0, 0.05) is 27.8 Å². The van der Waals surface area contributed by atoms with E-state index >= 15 is 0 Å². The van der Waals surface area contributed by atoms with Crippen molar-refractivity contribution in [2.24, 2.45) is 5.92 Å². The first-order valence-corrected chi connectivity index (χ1v) is 10.7. The molecule has 1 aliphatic heterocycles. The maximum atomic E-state index is 11.4. The number of aromatic nitrogens is 1. The second-order valence-electron chi connectivity index (χ2n) is 7.09. The lowest BCUT2D eigenvalue weighted by molar-refractivity contribution is 0.125. The van der Waals surface area contributed by atoms with Crippen LogP contribution in [-0.4, -0.2) is 28.1 Å². The average molecular weight is 412 g/mol. The second-order valence-corrected chi connectivity index (χ2v) is 9.06. The van der Waals surface area contributed by atoms with Gasteiger partial charge in [0.05, 0.1) is 23.1 Å². The predicted octanol–water partition coefficient (Wildman–Crippen LogP) is 6.33. The lowest BCUT2D eigenvalue weighted by Gasteiger charge is -2.27. The molecule has 0 aliphatic carbocycles. The van der Waals surface area contributed by atoms with E-state index in [1.807, 2.05) is 31.4 Å². The Morgan fingerprint density at radius 1 is 1.14 bits per heavy atom. The largest absolute Gasteiger partial charge is 0.465 e. The smallest absolute Gasteiger partial charge is 0.407 e. The van der Waals surface area contributed by atoms with Crippen LogP contribution in [0.15, 0.2) is 57.6 Å². The summed E-state index contributed by atoms with van der Waals surface area (Å²) in [6, 6.07) is 14.3. The van der Waals surface area contributed by atoms with Crippen molar-refractivity contribution in [1.82, 2.24) is 9.88 Å². The van der Waals surface area contributed by atoms with Crippen LogP contribution in [0.3, 0.4) is 0 Å². The number of nitrogens with one attached hydrogen (secondary N) is 1. The molecule has 0 bridgehead atoms. The van der Waals surface area contributed by atoms with Gasteiger partial charge in [0.1, 0.15) is 5.01 Å². The monoisotopic (exact) mass is 411 g/mol. The molecule has 1 amide bonds. The van der Waals surface area contributed by atoms with Gasteiger partial charge in [-0.05, 0) is 30.2 Å². The minimum absolute atomic E-state index is 0.137. The first kappa shape index (κ1) is 18.8. The fourth-order valence-electron chi connectivity index (χ4n) is 3.37. The summed E-state index contributed by atoms with van der Waals surface area (Å²) >= 11 is 3.27. The molecule has 1 aromatic heterocycles. The number of carboxylic acid groups (broad SMARTS) is 1. The zero-order valence-electron chi connectivity index (χ0n) is 15.8. The fraction of sp³-hybridized carbons (Fsp3) is 0.238. The van der Waals surface area contributed by atoms with Gasteiger partial charge in [0.2, 0.25) is 0 Å². The van der Waals surface area contributed by atoms with Crippen molar-refractivity contribution in [3.8, 4) is 11.3 Å². The number of thiazole rings is 1. The van der Waals surface area contributed by atoms with Crippen LogP contribution in [0, 0.1) is 5.92 Å². The van der Waals surface area contributed by atoms with Gasteiger partial charge >= 0.3 is 6.09 Å². The topological polar surface area (TPSA) is 65.5 Å². The third kappa shape index (κ3) is 3.47. The summed E-state index contributed by atoms with van der Waals surface area (Å²) in [5.41, 5.74) is 4.07. The molecule has 2 heterocycles. The highest BCUT2D eigenvalue weighted by atomic mass is 32.2. The van der Waals surface area contributed by atoms with Gasteiger partial charge in [-0.25, -0.2) is 9.78 Å². The van der Waals surface area contributed by atoms with E-state index in [0.717, 1.165) is 27.6 Å². The predicted molar refractivity (Wildman–Crippen MR) is 115 cm³/mol. The summed E-state index contributed by atoms with van der Waals surface area (Å²) in [6.45, 7) is 4.03. The van der Waals surface area contributed by atoms with Gasteiger partial charge in [-0.3, -0.25) is 0 Å². The van der Waals surface area contributed by atoms with Crippen molar-refractivity contribution in [1.29, 1.82) is 0 Å². The first-order valence-electron chi connectivity index (χ1n) is 9.03. The number of fused-ring (bicyclic) bond motifs is 2. The molecule has 1 unspecified atom stereocenters. The summed E-state index contributed by atoms with van der Waals surface area (Å²) in [7, 11) is 1.60. The zero-order chi connectivity index (χ0) is 19.8. The van der Waals surface area contributed by atoms with E-state index in [2.05, 4.69) is 35.6 Å². The Labute approximate surface area is 172 Å². The van der Waals surface area contributed by atoms with Crippen LogP contribution in [0.1, 0.15) is 24.9 Å². The number of nitrogens with zero attached hydrogens (tertiary/aromatic N) is 2. The Kier molecular flexibility index (Phi) is 5.03. The van der Waals surface area contributed by atoms with Crippen molar-refractivity contribution >= 4 is 40.6 Å². The highest BCUT2D eigenvalue weighted by Gasteiger charge is 2.27. The van der Waals surface area contributed by atoms with Crippen molar-refractivity contribution in [2.75, 3.05) is 12.4 Å². The molecule has 1 aliphatic rings. The molecule has 144 valence electrons. The molecule has 5 nitrogen and oxygen atoms in total. The van der Waals surface area contributed by atoms with Crippen LogP contribution in [0.4, 0.5) is 16.2 Å².